The molecule has 0 spiro atoms. The summed E-state index contributed by atoms with van der Waals surface area (Å²) in [5, 5.41) is 9.38. The number of Topliss-reactive ketones (excluding diaryl/α,β-unsaturated/α-hetero) is 1. The van der Waals surface area contributed by atoms with Gasteiger partial charge in [-0.15, -0.1) is 0 Å². The zero-order valence-electron chi connectivity index (χ0n) is 14.3. The maximum atomic E-state index is 11.4. The summed E-state index contributed by atoms with van der Waals surface area (Å²) in [6, 6.07) is 10.1. The first kappa shape index (κ1) is 18.2. The van der Waals surface area contributed by atoms with Crippen LogP contribution in [0.2, 0.25) is 0 Å². The van der Waals surface area contributed by atoms with Crippen LogP contribution in [0.15, 0.2) is 36.4 Å². The summed E-state index contributed by atoms with van der Waals surface area (Å²) in [5.41, 5.74) is 2.32. The third kappa shape index (κ3) is 4.69. The number of rotatable bonds is 4. The highest BCUT2D eigenvalue weighted by molar-refractivity contribution is 5.94. The Morgan fingerprint density at radius 1 is 1.08 bits per heavy atom. The van der Waals surface area contributed by atoms with Crippen molar-refractivity contribution in [1.82, 2.24) is 0 Å². The van der Waals surface area contributed by atoms with Crippen molar-refractivity contribution in [3.8, 4) is 23.3 Å². The van der Waals surface area contributed by atoms with Crippen molar-refractivity contribution in [2.45, 2.75) is 20.5 Å². The van der Waals surface area contributed by atoms with E-state index in [1.807, 2.05) is 0 Å². The van der Waals surface area contributed by atoms with Gasteiger partial charge in [-0.1, -0.05) is 24.0 Å². The number of carbonyl (C=O) groups excluding carboxylic acids is 2. The minimum Gasteiger partial charge on any atom is -0.493 e. The summed E-state index contributed by atoms with van der Waals surface area (Å²) in [7, 11) is 1.45. The zero-order valence-corrected chi connectivity index (χ0v) is 14.3. The molecule has 0 saturated heterocycles. The van der Waals surface area contributed by atoms with Crippen molar-refractivity contribution in [2.75, 3.05) is 7.11 Å². The number of aliphatic hydroxyl groups excluding tert-OH is 1. The van der Waals surface area contributed by atoms with Gasteiger partial charge in [-0.05, 0) is 36.8 Å². The Balaban J connectivity index is 2.47. The van der Waals surface area contributed by atoms with Crippen molar-refractivity contribution >= 4 is 11.8 Å². The number of aliphatic hydroxyl groups is 1. The Kier molecular flexibility index (Phi) is 5.93. The lowest BCUT2D eigenvalue weighted by Gasteiger charge is -2.11. The monoisotopic (exact) mass is 338 g/mol. The molecule has 0 aliphatic heterocycles. The van der Waals surface area contributed by atoms with E-state index in [1.54, 1.807) is 36.4 Å². The molecule has 25 heavy (non-hydrogen) atoms. The SMILES string of the molecule is COc1cc(CO)cc(C#Cc2ccc(C(C)=O)cc2)c1OC(C)=O. The fourth-order valence-electron chi connectivity index (χ4n) is 2.17. The topological polar surface area (TPSA) is 72.8 Å². The second-order valence-corrected chi connectivity index (χ2v) is 5.31. The molecule has 128 valence electrons. The van der Waals surface area contributed by atoms with Crippen LogP contribution in [0.5, 0.6) is 11.5 Å². The van der Waals surface area contributed by atoms with Gasteiger partial charge in [0, 0.05) is 18.1 Å². The molecule has 0 unspecified atom stereocenters. The number of ether oxygens (including phenoxy) is 2. The highest BCUT2D eigenvalue weighted by Gasteiger charge is 2.14. The fraction of sp³-hybridized carbons (Fsp3) is 0.200. The van der Waals surface area contributed by atoms with Crippen molar-refractivity contribution in [3.63, 3.8) is 0 Å². The van der Waals surface area contributed by atoms with Crippen molar-refractivity contribution in [3.05, 3.63) is 58.7 Å². The van der Waals surface area contributed by atoms with Crippen molar-refractivity contribution in [2.24, 2.45) is 0 Å². The average molecular weight is 338 g/mol. The molecule has 5 heteroatoms. The van der Waals surface area contributed by atoms with Crippen LogP contribution in [0.25, 0.3) is 0 Å². The molecule has 5 nitrogen and oxygen atoms in total. The average Bonchev–Trinajstić information content (AvgIpc) is 2.60. The third-order valence-corrected chi connectivity index (χ3v) is 3.40. The van der Waals surface area contributed by atoms with Crippen molar-refractivity contribution < 1.29 is 24.2 Å². The summed E-state index contributed by atoms with van der Waals surface area (Å²) in [6.45, 7) is 2.59. The van der Waals surface area contributed by atoms with Gasteiger partial charge in [0.15, 0.2) is 17.3 Å². The molecular formula is C20H18O5. The standard InChI is InChI=1S/C20H18O5/c1-13(22)17-7-4-15(5-8-17)6-9-18-10-16(12-21)11-19(24-3)20(18)25-14(2)23/h4-5,7-8,10-11,21H,12H2,1-3H3. The number of esters is 1. The van der Waals surface area contributed by atoms with E-state index in [1.165, 1.54) is 21.0 Å². The van der Waals surface area contributed by atoms with E-state index in [0.29, 0.717) is 28.0 Å². The summed E-state index contributed by atoms with van der Waals surface area (Å²) < 4.78 is 10.4. The molecule has 0 bridgehead atoms. The van der Waals surface area contributed by atoms with Crippen molar-refractivity contribution in [1.29, 1.82) is 0 Å². The predicted octanol–water partition coefficient (Wildman–Crippen LogP) is 2.72. The van der Waals surface area contributed by atoms with Gasteiger partial charge in [0.2, 0.25) is 0 Å². The maximum absolute atomic E-state index is 11.4. The molecule has 0 amide bonds. The van der Waals surface area contributed by atoms with Gasteiger partial charge in [-0.25, -0.2) is 0 Å². The lowest BCUT2D eigenvalue weighted by Crippen LogP contribution is -2.05. The van der Waals surface area contributed by atoms with Crippen LogP contribution >= 0.6 is 0 Å². The molecule has 2 aromatic carbocycles. The number of methoxy groups -OCH3 is 1. The minimum atomic E-state index is -0.496. The van der Waals surface area contributed by atoms with E-state index in [9.17, 15) is 14.7 Å². The largest absolute Gasteiger partial charge is 0.493 e. The molecule has 0 saturated carbocycles. The van der Waals surface area contributed by atoms with E-state index < -0.39 is 5.97 Å². The summed E-state index contributed by atoms with van der Waals surface area (Å²) in [5.74, 6) is 5.90. The molecule has 0 fully saturated rings. The molecule has 0 heterocycles. The van der Waals surface area contributed by atoms with Crippen LogP contribution < -0.4 is 9.47 Å². The predicted molar refractivity (Wildman–Crippen MR) is 92.7 cm³/mol. The molecule has 1 N–H and O–H groups in total. The Bertz CT molecular complexity index is 854. The van der Waals surface area contributed by atoms with Crippen LogP contribution in [-0.2, 0) is 11.4 Å². The Hall–Kier alpha value is -3.10. The van der Waals surface area contributed by atoms with E-state index in [-0.39, 0.29) is 18.1 Å². The molecule has 0 radical (unpaired) electrons. The first-order chi connectivity index (χ1) is 11.9. The number of hydrogen-bond donors (Lipinski definition) is 1. The zero-order chi connectivity index (χ0) is 18.4. The van der Waals surface area contributed by atoms with Gasteiger partial charge in [0.05, 0.1) is 19.3 Å². The summed E-state index contributed by atoms with van der Waals surface area (Å²) in [4.78, 5) is 22.7. The second kappa shape index (κ2) is 8.13. The van der Waals surface area contributed by atoms with E-state index in [4.69, 9.17) is 9.47 Å². The first-order valence-electron chi connectivity index (χ1n) is 7.57. The Labute approximate surface area is 146 Å². The van der Waals surface area contributed by atoms with Gasteiger partial charge < -0.3 is 14.6 Å². The lowest BCUT2D eigenvalue weighted by molar-refractivity contribution is -0.132. The minimum absolute atomic E-state index is 0.0166. The van der Waals surface area contributed by atoms with E-state index >= 15 is 0 Å². The molecule has 0 aliphatic rings. The van der Waals surface area contributed by atoms with E-state index in [0.717, 1.165) is 0 Å². The Morgan fingerprint density at radius 2 is 1.76 bits per heavy atom. The van der Waals surface area contributed by atoms with Crippen LogP contribution in [0.1, 0.15) is 40.9 Å². The molecule has 0 atom stereocenters. The number of carbonyl (C=O) groups is 2. The number of ketones is 1. The van der Waals surface area contributed by atoms with Crippen LogP contribution in [0.3, 0.4) is 0 Å². The molecule has 2 aromatic rings. The van der Waals surface area contributed by atoms with Crippen LogP contribution in [-0.4, -0.2) is 24.0 Å². The van der Waals surface area contributed by atoms with Crippen LogP contribution in [0.4, 0.5) is 0 Å². The number of benzene rings is 2. The van der Waals surface area contributed by atoms with Gasteiger partial charge in [-0.3, -0.25) is 9.59 Å². The third-order valence-electron chi connectivity index (χ3n) is 3.40. The summed E-state index contributed by atoms with van der Waals surface area (Å²) >= 11 is 0. The van der Waals surface area contributed by atoms with E-state index in [2.05, 4.69) is 11.8 Å². The quantitative estimate of drug-likeness (QED) is 0.402. The Morgan fingerprint density at radius 3 is 2.28 bits per heavy atom. The highest BCUT2D eigenvalue weighted by Crippen LogP contribution is 2.32. The van der Waals surface area contributed by atoms with Gasteiger partial charge >= 0.3 is 5.97 Å². The smallest absolute Gasteiger partial charge is 0.308 e. The first-order valence-corrected chi connectivity index (χ1v) is 7.57. The highest BCUT2D eigenvalue weighted by atomic mass is 16.6. The van der Waals surface area contributed by atoms with Gasteiger partial charge in [0.25, 0.3) is 0 Å². The summed E-state index contributed by atoms with van der Waals surface area (Å²) in [6.07, 6.45) is 0. The molecular weight excluding hydrogens is 320 g/mol. The second-order valence-electron chi connectivity index (χ2n) is 5.31. The molecule has 2 rings (SSSR count). The normalized spacial score (nSPS) is 9.76. The van der Waals surface area contributed by atoms with Crippen LogP contribution in [0, 0.1) is 11.8 Å². The van der Waals surface area contributed by atoms with Gasteiger partial charge in [-0.2, -0.15) is 0 Å². The fourth-order valence-corrected chi connectivity index (χ4v) is 2.17. The lowest BCUT2D eigenvalue weighted by atomic mass is 10.1. The molecule has 0 aliphatic carbocycles. The van der Waals surface area contributed by atoms with Gasteiger partial charge in [0.1, 0.15) is 0 Å². The maximum Gasteiger partial charge on any atom is 0.308 e. The number of hydrogen-bond acceptors (Lipinski definition) is 5. The molecule has 0 aromatic heterocycles.